The minimum atomic E-state index is 0.502. The van der Waals surface area contributed by atoms with Gasteiger partial charge in [0.05, 0.1) is 16.4 Å². The van der Waals surface area contributed by atoms with Crippen LogP contribution in [-0.4, -0.2) is 18.7 Å². The lowest BCUT2D eigenvalue weighted by atomic mass is 10.0. The van der Waals surface area contributed by atoms with E-state index in [1.54, 1.807) is 18.4 Å². The molecular weight excluding hydrogens is 721 g/mol. The van der Waals surface area contributed by atoms with Gasteiger partial charge in [-0.25, -0.2) is 4.98 Å². The number of methoxy groups -OCH3 is 1. The maximum absolute atomic E-state index is 4.54. The topological polar surface area (TPSA) is 49.4 Å². The van der Waals surface area contributed by atoms with Gasteiger partial charge < -0.3 is 10.2 Å². The Morgan fingerprint density at radius 3 is 1.41 bits per heavy atom. The van der Waals surface area contributed by atoms with Crippen molar-refractivity contribution in [1.29, 1.82) is 0 Å². The molecule has 2 N–H and O–H groups in total. The average molecular weight is 797 g/mol. The number of thiophene rings is 2. The number of rotatable bonds is 10. The molecule has 4 heterocycles. The third-order valence-corrected chi connectivity index (χ3v) is 12.7. The molecule has 0 saturated carbocycles. The van der Waals surface area contributed by atoms with Gasteiger partial charge in [0.1, 0.15) is 0 Å². The van der Waals surface area contributed by atoms with Crippen molar-refractivity contribution in [3.8, 4) is 0 Å². The Morgan fingerprint density at radius 2 is 1.11 bits per heavy atom. The van der Waals surface area contributed by atoms with Crippen molar-refractivity contribution < 1.29 is 4.74 Å². The molecular formula is C46H76N4OS3. The Morgan fingerprint density at radius 1 is 0.593 bits per heavy atom. The fraction of sp³-hybridized carbons (Fsp3) is 0.587. The van der Waals surface area contributed by atoms with Crippen molar-refractivity contribution in [2.75, 3.05) is 18.7 Å². The zero-order chi connectivity index (χ0) is 41.1. The average Bonchev–Trinajstić information content (AvgIpc) is 3.96. The standard InChI is InChI=1S/C14H21N3.2C10H16S.C9H15NS.C3H8O/c1-10(2)12-5-7-13(8-6-12)17-9-14(11(3)4)15-16-17;1-7(2)9-5-10(8(3)4)11-6-9;1-7(2)9-5-6-10(11-9)8(3)4;1-6(2)8-5-11-9(10-8)7(3)4;1-3-4-2/h5-11,15-16H,1-4H3;2*5-8H,1-4H3;5-7H,1-4H3;3H2,1-2H3. The molecule has 54 heavy (non-hydrogen) atoms. The SMILES string of the molecule is CC(C)C1=CN(c2ccc(C(C)C)cc2)NN1.CC(C)c1ccc(C(C)C)s1.CC(C)c1csc(C(C)C)c1.CC(C)c1csc(C(C)C)n1.CCOC. The normalized spacial score (nSPS) is 12.4. The van der Waals surface area contributed by atoms with E-state index < -0.39 is 0 Å². The van der Waals surface area contributed by atoms with Crippen LogP contribution in [0.2, 0.25) is 0 Å². The first-order chi connectivity index (χ1) is 25.3. The van der Waals surface area contributed by atoms with E-state index >= 15 is 0 Å². The van der Waals surface area contributed by atoms with E-state index in [2.05, 4.69) is 191 Å². The molecule has 304 valence electrons. The van der Waals surface area contributed by atoms with Crippen molar-refractivity contribution in [3.05, 3.63) is 102 Å². The molecule has 1 aliphatic rings. The van der Waals surface area contributed by atoms with Crippen LogP contribution in [0.25, 0.3) is 0 Å². The number of ether oxygens (including phenoxy) is 1. The predicted octanol–water partition coefficient (Wildman–Crippen LogP) is 15.2. The maximum Gasteiger partial charge on any atom is 0.0953 e. The number of allylic oxidation sites excluding steroid dienone is 1. The Labute approximate surface area is 344 Å². The Balaban J connectivity index is 0.000000355. The van der Waals surface area contributed by atoms with Gasteiger partial charge in [0, 0.05) is 51.5 Å². The Kier molecular flexibility index (Phi) is 23.5. The molecule has 8 heteroatoms. The van der Waals surface area contributed by atoms with Crippen LogP contribution in [0.1, 0.15) is 196 Å². The molecule has 5 rings (SSSR count). The highest BCUT2D eigenvalue weighted by atomic mass is 32.1. The second-order valence-electron chi connectivity index (χ2n) is 16.2. The van der Waals surface area contributed by atoms with Crippen LogP contribution in [0.3, 0.4) is 0 Å². The van der Waals surface area contributed by atoms with E-state index in [1.165, 1.54) is 42.2 Å². The molecule has 5 nitrogen and oxygen atoms in total. The highest BCUT2D eigenvalue weighted by molar-refractivity contribution is 7.12. The van der Waals surface area contributed by atoms with E-state index in [9.17, 15) is 0 Å². The van der Waals surface area contributed by atoms with Crippen molar-refractivity contribution in [2.45, 2.75) is 159 Å². The van der Waals surface area contributed by atoms with Gasteiger partial charge in [-0.05, 0) is 95.2 Å². The van der Waals surface area contributed by atoms with Crippen molar-refractivity contribution in [1.82, 2.24) is 15.9 Å². The summed E-state index contributed by atoms with van der Waals surface area (Å²) in [5.74, 6) is 4.97. The van der Waals surface area contributed by atoms with Gasteiger partial charge in [-0.3, -0.25) is 5.01 Å². The predicted molar refractivity (Wildman–Crippen MR) is 245 cm³/mol. The molecule has 0 fully saturated rings. The van der Waals surface area contributed by atoms with E-state index in [1.807, 2.05) is 34.6 Å². The molecule has 0 aliphatic carbocycles. The first-order valence-electron chi connectivity index (χ1n) is 20.1. The number of nitrogens with one attached hydrogen (secondary N) is 2. The van der Waals surface area contributed by atoms with Gasteiger partial charge in [-0.15, -0.1) is 39.5 Å². The molecule has 1 aliphatic heterocycles. The molecule has 4 aromatic rings. The van der Waals surface area contributed by atoms with Crippen LogP contribution < -0.4 is 16.0 Å². The monoisotopic (exact) mass is 797 g/mol. The summed E-state index contributed by atoms with van der Waals surface area (Å²) in [4.78, 5) is 9.05. The molecule has 0 atom stereocenters. The summed E-state index contributed by atoms with van der Waals surface area (Å²) in [6.45, 7) is 38.2. The molecule has 1 aromatic carbocycles. The summed E-state index contributed by atoms with van der Waals surface area (Å²) >= 11 is 5.61. The summed E-state index contributed by atoms with van der Waals surface area (Å²) in [5, 5.41) is 7.72. The number of hydrogen-bond donors (Lipinski definition) is 2. The van der Waals surface area contributed by atoms with Crippen LogP contribution >= 0.6 is 34.0 Å². The number of anilines is 1. The number of nitrogens with zero attached hydrogens (tertiary/aromatic N) is 2. The van der Waals surface area contributed by atoms with E-state index in [-0.39, 0.29) is 0 Å². The first-order valence-corrected chi connectivity index (χ1v) is 22.6. The number of aromatic nitrogens is 1. The van der Waals surface area contributed by atoms with Crippen LogP contribution in [-0.2, 0) is 4.74 Å². The highest BCUT2D eigenvalue weighted by Crippen LogP contribution is 2.29. The summed E-state index contributed by atoms with van der Waals surface area (Å²) < 4.78 is 4.54. The van der Waals surface area contributed by atoms with Gasteiger partial charge in [0.15, 0.2) is 0 Å². The van der Waals surface area contributed by atoms with Crippen molar-refractivity contribution in [3.63, 3.8) is 0 Å². The third kappa shape index (κ3) is 18.0. The van der Waals surface area contributed by atoms with Gasteiger partial charge in [0.25, 0.3) is 0 Å². The molecule has 3 aromatic heterocycles. The van der Waals surface area contributed by atoms with Gasteiger partial charge in [-0.2, -0.15) is 0 Å². The summed E-state index contributed by atoms with van der Waals surface area (Å²) in [5.41, 5.74) is 12.8. The minimum absolute atomic E-state index is 0.502. The summed E-state index contributed by atoms with van der Waals surface area (Å²) in [6.07, 6.45) is 2.11. The number of thiazole rings is 1. The van der Waals surface area contributed by atoms with Gasteiger partial charge in [-0.1, -0.05) is 123 Å². The highest BCUT2D eigenvalue weighted by Gasteiger charge is 2.15. The van der Waals surface area contributed by atoms with Crippen LogP contribution in [0.5, 0.6) is 0 Å². The van der Waals surface area contributed by atoms with Crippen LogP contribution in [0, 0.1) is 5.92 Å². The van der Waals surface area contributed by atoms with Crippen molar-refractivity contribution in [2.24, 2.45) is 5.92 Å². The molecule has 0 amide bonds. The Hall–Kier alpha value is -2.49. The second-order valence-corrected chi connectivity index (χ2v) is 19.2. The smallest absolute Gasteiger partial charge is 0.0953 e. The van der Waals surface area contributed by atoms with Gasteiger partial charge in [0.2, 0.25) is 0 Å². The maximum atomic E-state index is 4.54. The quantitative estimate of drug-likeness (QED) is 0.167. The van der Waals surface area contributed by atoms with E-state index in [4.69, 9.17) is 0 Å². The van der Waals surface area contributed by atoms with Gasteiger partial charge >= 0.3 is 0 Å². The number of hydrogen-bond acceptors (Lipinski definition) is 8. The zero-order valence-corrected chi connectivity index (χ0v) is 39.6. The lowest BCUT2D eigenvalue weighted by Crippen LogP contribution is -2.36. The molecule has 0 bridgehead atoms. The first kappa shape index (κ1) is 49.5. The molecule has 0 unspecified atom stereocenters. The molecule has 0 radical (unpaired) electrons. The second kappa shape index (κ2) is 25.6. The fourth-order valence-corrected chi connectivity index (χ4v) is 7.68. The summed E-state index contributed by atoms with van der Waals surface area (Å²) in [6, 6.07) is 15.5. The van der Waals surface area contributed by atoms with Crippen molar-refractivity contribution >= 4 is 39.7 Å². The largest absolute Gasteiger partial charge is 0.385 e. The van der Waals surface area contributed by atoms with E-state index in [0.717, 1.165) is 12.3 Å². The summed E-state index contributed by atoms with van der Waals surface area (Å²) in [7, 11) is 1.68. The minimum Gasteiger partial charge on any atom is -0.385 e. The van der Waals surface area contributed by atoms with Crippen LogP contribution in [0.15, 0.2) is 65.1 Å². The Bertz CT molecular complexity index is 1380. The van der Waals surface area contributed by atoms with E-state index in [0.29, 0.717) is 47.3 Å². The lowest BCUT2D eigenvalue weighted by molar-refractivity contribution is 0.215. The fourth-order valence-electron chi connectivity index (χ4n) is 4.57. The zero-order valence-electron chi connectivity index (χ0n) is 37.1. The lowest BCUT2D eigenvalue weighted by Gasteiger charge is -2.16. The number of hydrazine groups is 2. The number of benzene rings is 1. The third-order valence-electron chi connectivity index (χ3n) is 8.62. The molecule has 0 saturated heterocycles. The van der Waals surface area contributed by atoms with Crippen LogP contribution in [0.4, 0.5) is 5.69 Å². The molecule has 0 spiro atoms.